The summed E-state index contributed by atoms with van der Waals surface area (Å²) in [5.74, 6) is 0.899. The van der Waals surface area contributed by atoms with Crippen molar-refractivity contribution in [3.8, 4) is 10.8 Å². The Bertz CT molecular complexity index is 903. The smallest absolute Gasteiger partial charge is 0.316 e. The highest BCUT2D eigenvalue weighted by atomic mass is 32.1. The number of hydrogen-bond acceptors (Lipinski definition) is 5. The van der Waals surface area contributed by atoms with Gasteiger partial charge in [-0.3, -0.25) is 4.79 Å². The summed E-state index contributed by atoms with van der Waals surface area (Å²) in [5, 5.41) is 7.16. The van der Waals surface area contributed by atoms with E-state index in [0.29, 0.717) is 28.7 Å². The molecule has 0 bridgehead atoms. The van der Waals surface area contributed by atoms with Gasteiger partial charge in [-0.2, -0.15) is 0 Å². The Labute approximate surface area is 147 Å². The molecule has 3 amide bonds. The van der Waals surface area contributed by atoms with Crippen LogP contribution in [-0.2, 0) is 11.2 Å². The van der Waals surface area contributed by atoms with Gasteiger partial charge >= 0.3 is 6.03 Å². The van der Waals surface area contributed by atoms with Crippen molar-refractivity contribution in [2.75, 3.05) is 10.6 Å². The fourth-order valence-corrected chi connectivity index (χ4v) is 2.92. The zero-order valence-corrected chi connectivity index (χ0v) is 14.2. The largest absolute Gasteiger partial charge is 0.440 e. The number of thiophene rings is 1. The molecule has 1 aromatic carbocycles. The molecule has 0 fully saturated rings. The van der Waals surface area contributed by atoms with Gasteiger partial charge in [-0.1, -0.05) is 12.1 Å². The maximum Gasteiger partial charge on any atom is 0.316 e. The number of anilines is 2. The van der Waals surface area contributed by atoms with Crippen molar-refractivity contribution in [1.82, 2.24) is 4.98 Å². The number of nitrogens with zero attached hydrogens (tertiary/aromatic N) is 1. The summed E-state index contributed by atoms with van der Waals surface area (Å²) >= 11 is 1.52. The lowest BCUT2D eigenvalue weighted by Crippen LogP contribution is -2.19. The lowest BCUT2D eigenvalue weighted by Gasteiger charge is -2.07. The molecule has 0 aliphatic heterocycles. The predicted octanol–water partition coefficient (Wildman–Crippen LogP) is 3.38. The number of oxazole rings is 1. The first-order valence-electron chi connectivity index (χ1n) is 7.48. The van der Waals surface area contributed by atoms with E-state index in [1.807, 2.05) is 17.5 Å². The number of hydrogen-bond donors (Lipinski definition) is 3. The monoisotopic (exact) mass is 356 g/mol. The molecule has 8 heteroatoms. The second kappa shape index (κ2) is 7.18. The van der Waals surface area contributed by atoms with Crippen molar-refractivity contribution in [3.05, 3.63) is 53.2 Å². The first-order chi connectivity index (χ1) is 12.0. The Morgan fingerprint density at radius 3 is 2.64 bits per heavy atom. The molecule has 2 aromatic heterocycles. The van der Waals surface area contributed by atoms with Crippen LogP contribution in [0.25, 0.3) is 10.8 Å². The van der Waals surface area contributed by atoms with E-state index in [1.54, 1.807) is 31.2 Å². The fraction of sp³-hybridized carbons (Fsp3) is 0.118. The minimum Gasteiger partial charge on any atom is -0.440 e. The number of aromatic nitrogens is 1. The molecule has 7 nitrogen and oxygen atoms in total. The zero-order chi connectivity index (χ0) is 17.8. The van der Waals surface area contributed by atoms with Crippen LogP contribution in [0.5, 0.6) is 0 Å². The molecule has 128 valence electrons. The summed E-state index contributed by atoms with van der Waals surface area (Å²) in [6, 6.07) is 9.89. The number of benzene rings is 1. The number of nitrogens with two attached hydrogens (primary N) is 1. The van der Waals surface area contributed by atoms with E-state index in [2.05, 4.69) is 15.6 Å². The van der Waals surface area contributed by atoms with Crippen molar-refractivity contribution < 1.29 is 14.0 Å². The first-order valence-corrected chi connectivity index (χ1v) is 8.36. The topological polar surface area (TPSA) is 110 Å². The molecule has 2 heterocycles. The van der Waals surface area contributed by atoms with Gasteiger partial charge in [0, 0.05) is 11.4 Å². The summed E-state index contributed by atoms with van der Waals surface area (Å²) < 4.78 is 5.63. The SMILES string of the molecule is Cc1oc(-c2cccs2)nc1CC(=O)Nc1cccc(NC(N)=O)c1. The molecular weight excluding hydrogens is 340 g/mol. The highest BCUT2D eigenvalue weighted by Crippen LogP contribution is 2.26. The third-order valence-corrected chi connectivity index (χ3v) is 4.22. The van der Waals surface area contributed by atoms with Gasteiger partial charge in [0.25, 0.3) is 0 Å². The third-order valence-electron chi connectivity index (χ3n) is 3.37. The molecule has 0 aliphatic rings. The van der Waals surface area contributed by atoms with Gasteiger partial charge in [0.15, 0.2) is 0 Å². The van der Waals surface area contributed by atoms with E-state index < -0.39 is 6.03 Å². The van der Waals surface area contributed by atoms with Crippen LogP contribution in [0.15, 0.2) is 46.2 Å². The summed E-state index contributed by atoms with van der Waals surface area (Å²) in [6.45, 7) is 1.78. The van der Waals surface area contributed by atoms with Gasteiger partial charge in [0.2, 0.25) is 11.8 Å². The Kier molecular flexibility index (Phi) is 4.80. The van der Waals surface area contributed by atoms with Crippen LogP contribution in [0.2, 0.25) is 0 Å². The third kappa shape index (κ3) is 4.24. The van der Waals surface area contributed by atoms with Crippen LogP contribution in [0, 0.1) is 6.92 Å². The minimum atomic E-state index is -0.664. The van der Waals surface area contributed by atoms with E-state index in [9.17, 15) is 9.59 Å². The summed E-state index contributed by atoms with van der Waals surface area (Å²) in [5.41, 5.74) is 6.73. The lowest BCUT2D eigenvalue weighted by atomic mass is 10.2. The van der Waals surface area contributed by atoms with Gasteiger partial charge < -0.3 is 20.8 Å². The normalized spacial score (nSPS) is 10.4. The average Bonchev–Trinajstić information content (AvgIpc) is 3.17. The number of rotatable bonds is 5. The molecule has 0 unspecified atom stereocenters. The summed E-state index contributed by atoms with van der Waals surface area (Å²) in [7, 11) is 0. The van der Waals surface area contributed by atoms with Gasteiger partial charge in [-0.25, -0.2) is 9.78 Å². The van der Waals surface area contributed by atoms with Crippen LogP contribution in [0.1, 0.15) is 11.5 Å². The quantitative estimate of drug-likeness (QED) is 0.651. The predicted molar refractivity (Wildman–Crippen MR) is 96.5 cm³/mol. The van der Waals surface area contributed by atoms with E-state index in [1.165, 1.54) is 11.3 Å². The molecule has 0 aliphatic carbocycles. The molecule has 0 radical (unpaired) electrons. The molecule has 4 N–H and O–H groups in total. The Hall–Kier alpha value is -3.13. The number of urea groups is 1. The van der Waals surface area contributed by atoms with Gasteiger partial charge in [-0.05, 0) is 36.6 Å². The lowest BCUT2D eigenvalue weighted by molar-refractivity contribution is -0.115. The number of carbonyl (C=O) groups is 2. The van der Waals surface area contributed by atoms with Gasteiger partial charge in [0.05, 0.1) is 17.0 Å². The maximum atomic E-state index is 12.3. The standard InChI is InChI=1S/C17H16N4O3S/c1-10-13(21-16(24-10)14-6-3-7-25-14)9-15(22)19-11-4-2-5-12(8-11)20-17(18)23/h2-8H,9H2,1H3,(H,19,22)(H3,18,20,23). The van der Waals surface area contributed by atoms with Crippen molar-refractivity contribution >= 4 is 34.6 Å². The minimum absolute atomic E-state index is 0.0915. The second-order valence-corrected chi connectivity index (χ2v) is 6.24. The van der Waals surface area contributed by atoms with Gasteiger partial charge in [0.1, 0.15) is 5.76 Å². The highest BCUT2D eigenvalue weighted by molar-refractivity contribution is 7.13. The Balaban J connectivity index is 1.68. The molecule has 0 saturated carbocycles. The molecule has 3 aromatic rings. The first kappa shape index (κ1) is 16.7. The number of amides is 3. The average molecular weight is 356 g/mol. The molecule has 0 spiro atoms. The fourth-order valence-electron chi connectivity index (χ4n) is 2.27. The van der Waals surface area contributed by atoms with Crippen LogP contribution < -0.4 is 16.4 Å². The Morgan fingerprint density at radius 1 is 1.20 bits per heavy atom. The Morgan fingerprint density at radius 2 is 1.96 bits per heavy atom. The highest BCUT2D eigenvalue weighted by Gasteiger charge is 2.15. The number of primary amides is 1. The van der Waals surface area contributed by atoms with Gasteiger partial charge in [-0.15, -0.1) is 11.3 Å². The van der Waals surface area contributed by atoms with Crippen LogP contribution >= 0.6 is 11.3 Å². The number of carbonyl (C=O) groups excluding carboxylic acids is 2. The number of nitrogens with one attached hydrogen (secondary N) is 2. The van der Waals surface area contributed by atoms with Crippen LogP contribution in [-0.4, -0.2) is 16.9 Å². The molecular formula is C17H16N4O3S. The van der Waals surface area contributed by atoms with Crippen molar-refractivity contribution in [2.24, 2.45) is 5.73 Å². The summed E-state index contributed by atoms with van der Waals surface area (Å²) in [4.78, 5) is 28.5. The molecule has 3 rings (SSSR count). The van der Waals surface area contributed by atoms with E-state index in [4.69, 9.17) is 10.2 Å². The molecule has 0 saturated heterocycles. The van der Waals surface area contributed by atoms with E-state index >= 15 is 0 Å². The van der Waals surface area contributed by atoms with Crippen LogP contribution in [0.4, 0.5) is 16.2 Å². The molecule has 0 atom stereocenters. The van der Waals surface area contributed by atoms with E-state index in [-0.39, 0.29) is 12.3 Å². The zero-order valence-electron chi connectivity index (χ0n) is 13.4. The van der Waals surface area contributed by atoms with E-state index in [0.717, 1.165) is 4.88 Å². The van der Waals surface area contributed by atoms with Crippen molar-refractivity contribution in [1.29, 1.82) is 0 Å². The number of aryl methyl sites for hydroxylation is 1. The second-order valence-electron chi connectivity index (χ2n) is 5.29. The molecule has 25 heavy (non-hydrogen) atoms. The maximum absolute atomic E-state index is 12.3. The van der Waals surface area contributed by atoms with Crippen molar-refractivity contribution in [3.63, 3.8) is 0 Å². The summed E-state index contributed by atoms with van der Waals surface area (Å²) in [6.07, 6.45) is 0.0915. The van der Waals surface area contributed by atoms with Crippen LogP contribution in [0.3, 0.4) is 0 Å². The van der Waals surface area contributed by atoms with Crippen molar-refractivity contribution in [2.45, 2.75) is 13.3 Å².